The van der Waals surface area contributed by atoms with Crippen molar-refractivity contribution in [3.8, 4) is 0 Å². The highest BCUT2D eigenvalue weighted by Gasteiger charge is 2.32. The van der Waals surface area contributed by atoms with Crippen LogP contribution < -0.4 is 9.62 Å². The molecular formula is C23H17Cl3N2O5S. The van der Waals surface area contributed by atoms with E-state index in [9.17, 15) is 18.0 Å². The van der Waals surface area contributed by atoms with Crippen molar-refractivity contribution in [3.63, 3.8) is 0 Å². The van der Waals surface area contributed by atoms with Crippen LogP contribution in [0.4, 0.5) is 11.4 Å². The Labute approximate surface area is 211 Å². The number of carbonyl (C=O) groups is 2. The number of sulfonamides is 1. The topological polar surface area (TPSA) is 92.8 Å². The molecule has 0 bridgehead atoms. The first kappa shape index (κ1) is 24.3. The highest BCUT2D eigenvalue weighted by molar-refractivity contribution is 7.92. The molecule has 0 fully saturated rings. The van der Waals surface area contributed by atoms with Gasteiger partial charge in [0.2, 0.25) is 0 Å². The molecule has 0 aromatic heterocycles. The number of benzene rings is 3. The predicted molar refractivity (Wildman–Crippen MR) is 132 cm³/mol. The van der Waals surface area contributed by atoms with E-state index in [-0.39, 0.29) is 37.6 Å². The molecule has 1 heterocycles. The Kier molecular flexibility index (Phi) is 6.78. The van der Waals surface area contributed by atoms with Gasteiger partial charge in [-0.25, -0.2) is 13.2 Å². The summed E-state index contributed by atoms with van der Waals surface area (Å²) in [5, 5.41) is 3.20. The van der Waals surface area contributed by atoms with Crippen LogP contribution in [0.2, 0.25) is 15.1 Å². The number of rotatable bonds is 5. The minimum absolute atomic E-state index is 0.00458. The third kappa shape index (κ3) is 4.59. The van der Waals surface area contributed by atoms with Crippen molar-refractivity contribution in [2.45, 2.75) is 11.3 Å². The Hall–Kier alpha value is -2.78. The summed E-state index contributed by atoms with van der Waals surface area (Å²) in [5.74, 6) is -1.06. The number of fused-ring (bicyclic) bond motifs is 1. The van der Waals surface area contributed by atoms with Gasteiger partial charge in [0, 0.05) is 17.8 Å². The molecule has 1 aliphatic rings. The van der Waals surface area contributed by atoms with Crippen molar-refractivity contribution in [1.29, 1.82) is 0 Å². The number of ether oxygens (including phenoxy) is 1. The lowest BCUT2D eigenvalue weighted by Gasteiger charge is -2.20. The van der Waals surface area contributed by atoms with Crippen LogP contribution in [0, 0.1) is 0 Å². The number of carbonyl (C=O) groups excluding carboxylic acids is 2. The van der Waals surface area contributed by atoms with Crippen LogP contribution in [0.5, 0.6) is 0 Å². The third-order valence-electron chi connectivity index (χ3n) is 5.31. The molecule has 1 N–H and O–H groups in total. The number of hydrogen-bond acceptors (Lipinski definition) is 5. The van der Waals surface area contributed by atoms with E-state index >= 15 is 0 Å². The molecule has 4 rings (SSSR count). The van der Waals surface area contributed by atoms with Crippen molar-refractivity contribution in [2.24, 2.45) is 0 Å². The molecule has 0 saturated carbocycles. The Bertz CT molecular complexity index is 1430. The van der Waals surface area contributed by atoms with Gasteiger partial charge in [0.15, 0.2) is 0 Å². The maximum absolute atomic E-state index is 13.3. The molecule has 0 radical (unpaired) electrons. The number of hydrogen-bond donors (Lipinski definition) is 1. The molecule has 0 atom stereocenters. The van der Waals surface area contributed by atoms with Crippen LogP contribution in [0.15, 0.2) is 59.5 Å². The van der Waals surface area contributed by atoms with Crippen LogP contribution in [-0.4, -0.2) is 33.9 Å². The van der Waals surface area contributed by atoms with Crippen molar-refractivity contribution in [3.05, 3.63) is 86.4 Å². The standard InChI is InChI=1S/C23H17Cl3N2O5S/c1-33-23(30)17-6-4-15(11-19(17)25)27-22(29)14-3-2-13-8-9-28(21(13)10-14)34(31,32)16-5-7-18(24)20(26)12-16/h2-7,10-12H,8-9H2,1H3,(H,27,29). The second kappa shape index (κ2) is 9.46. The van der Waals surface area contributed by atoms with Crippen molar-refractivity contribution in [1.82, 2.24) is 0 Å². The maximum Gasteiger partial charge on any atom is 0.339 e. The number of anilines is 2. The maximum atomic E-state index is 13.3. The Morgan fingerprint density at radius 1 is 0.941 bits per heavy atom. The van der Waals surface area contributed by atoms with E-state index in [0.717, 1.165) is 5.56 Å². The van der Waals surface area contributed by atoms with Gasteiger partial charge in [-0.2, -0.15) is 0 Å². The van der Waals surface area contributed by atoms with Crippen LogP contribution in [0.3, 0.4) is 0 Å². The van der Waals surface area contributed by atoms with Gasteiger partial charge in [0.25, 0.3) is 15.9 Å². The summed E-state index contributed by atoms with van der Waals surface area (Å²) in [6.07, 6.45) is 0.502. The highest BCUT2D eigenvalue weighted by Crippen LogP contribution is 2.35. The van der Waals surface area contributed by atoms with Crippen LogP contribution in [0.1, 0.15) is 26.3 Å². The van der Waals surface area contributed by atoms with Crippen LogP contribution >= 0.6 is 34.8 Å². The second-order valence-electron chi connectivity index (χ2n) is 7.39. The molecule has 0 spiro atoms. The van der Waals surface area contributed by atoms with Gasteiger partial charge in [-0.15, -0.1) is 0 Å². The Morgan fingerprint density at radius 3 is 2.38 bits per heavy atom. The van der Waals surface area contributed by atoms with Crippen molar-refractivity contribution >= 4 is 68.1 Å². The number of nitrogens with zero attached hydrogens (tertiary/aromatic N) is 1. The third-order valence-corrected chi connectivity index (χ3v) is 8.17. The number of methoxy groups -OCH3 is 1. The molecule has 3 aromatic rings. The van der Waals surface area contributed by atoms with E-state index in [0.29, 0.717) is 17.8 Å². The fourth-order valence-electron chi connectivity index (χ4n) is 3.58. The summed E-state index contributed by atoms with van der Waals surface area (Å²) in [6, 6.07) is 13.4. The first-order chi connectivity index (χ1) is 16.1. The van der Waals surface area contributed by atoms with Gasteiger partial charge in [-0.3, -0.25) is 9.10 Å². The first-order valence-electron chi connectivity index (χ1n) is 9.92. The summed E-state index contributed by atoms with van der Waals surface area (Å²) in [4.78, 5) is 24.6. The molecule has 34 heavy (non-hydrogen) atoms. The van der Waals surface area contributed by atoms with Gasteiger partial charge in [0.1, 0.15) is 0 Å². The summed E-state index contributed by atoms with van der Waals surface area (Å²) < 4.78 is 32.4. The lowest BCUT2D eigenvalue weighted by atomic mass is 10.1. The van der Waals surface area contributed by atoms with E-state index in [2.05, 4.69) is 10.1 Å². The van der Waals surface area contributed by atoms with Gasteiger partial charge in [-0.1, -0.05) is 40.9 Å². The van der Waals surface area contributed by atoms with Crippen molar-refractivity contribution < 1.29 is 22.7 Å². The Morgan fingerprint density at radius 2 is 1.71 bits per heavy atom. The molecule has 0 unspecified atom stereocenters. The van der Waals surface area contributed by atoms with Gasteiger partial charge in [-0.05, 0) is 60.5 Å². The lowest BCUT2D eigenvalue weighted by molar-refractivity contribution is 0.0601. The predicted octanol–water partition coefficient (Wildman–Crippen LogP) is 5.44. The summed E-state index contributed by atoms with van der Waals surface area (Å²) in [5.41, 5.74) is 2.00. The Balaban J connectivity index is 1.60. The molecule has 0 saturated heterocycles. The number of amides is 1. The molecule has 3 aromatic carbocycles. The molecule has 1 amide bonds. The van der Waals surface area contributed by atoms with E-state index in [1.165, 1.54) is 53.9 Å². The summed E-state index contributed by atoms with van der Waals surface area (Å²) in [7, 11) is -2.67. The molecule has 176 valence electrons. The fourth-order valence-corrected chi connectivity index (χ4v) is 5.72. The molecule has 11 heteroatoms. The van der Waals surface area contributed by atoms with E-state index in [1.54, 1.807) is 12.1 Å². The van der Waals surface area contributed by atoms with Gasteiger partial charge < -0.3 is 10.1 Å². The minimum atomic E-state index is -3.92. The number of nitrogens with one attached hydrogen (secondary N) is 1. The lowest BCUT2D eigenvalue weighted by Crippen LogP contribution is -2.29. The quantitative estimate of drug-likeness (QED) is 0.436. The number of esters is 1. The van der Waals surface area contributed by atoms with Crippen molar-refractivity contribution in [2.75, 3.05) is 23.3 Å². The normalized spacial score (nSPS) is 12.9. The highest BCUT2D eigenvalue weighted by atomic mass is 35.5. The van der Waals surface area contributed by atoms with E-state index < -0.39 is 21.9 Å². The second-order valence-corrected chi connectivity index (χ2v) is 10.5. The van der Waals surface area contributed by atoms with Gasteiger partial charge >= 0.3 is 5.97 Å². The summed E-state index contributed by atoms with van der Waals surface area (Å²) >= 11 is 18.0. The summed E-state index contributed by atoms with van der Waals surface area (Å²) in [6.45, 7) is 0.230. The molecule has 1 aliphatic heterocycles. The number of halogens is 3. The largest absolute Gasteiger partial charge is 0.465 e. The average Bonchev–Trinajstić information content (AvgIpc) is 3.24. The zero-order valence-corrected chi connectivity index (χ0v) is 20.7. The molecule has 7 nitrogen and oxygen atoms in total. The zero-order valence-electron chi connectivity index (χ0n) is 17.6. The molecule has 0 aliphatic carbocycles. The SMILES string of the molecule is COC(=O)c1ccc(NC(=O)c2ccc3c(c2)N(S(=O)(=O)c2ccc(Cl)c(Cl)c2)CC3)cc1Cl. The first-order valence-corrected chi connectivity index (χ1v) is 12.5. The zero-order chi connectivity index (χ0) is 24.6. The minimum Gasteiger partial charge on any atom is -0.465 e. The van der Waals surface area contributed by atoms with Gasteiger partial charge in [0.05, 0.1) is 38.3 Å². The monoisotopic (exact) mass is 538 g/mol. The smallest absolute Gasteiger partial charge is 0.339 e. The van der Waals surface area contributed by atoms with Crippen LogP contribution in [0.25, 0.3) is 0 Å². The van der Waals surface area contributed by atoms with Crippen LogP contribution in [-0.2, 0) is 21.2 Å². The average molecular weight is 540 g/mol. The molecular weight excluding hydrogens is 523 g/mol. The fraction of sp³-hybridized carbons (Fsp3) is 0.130. The van der Waals surface area contributed by atoms with E-state index in [1.807, 2.05) is 0 Å². The van der Waals surface area contributed by atoms with E-state index in [4.69, 9.17) is 34.8 Å².